The lowest BCUT2D eigenvalue weighted by molar-refractivity contribution is 0.0958. The standard InChI is InChI=1S/C20H25N3O3S.ClH/c1-2-13-22-20(24)18-9-6-10-19(16-18)27(25,26)23(15-12-21)14-11-17-7-4-3-5-8-17;/h2-10,16H,1,11-15,21H2,(H,22,24);1H. The van der Waals surface area contributed by atoms with Crippen LogP contribution in [0.1, 0.15) is 15.9 Å². The molecule has 0 fully saturated rings. The zero-order chi connectivity index (χ0) is 19.7. The van der Waals surface area contributed by atoms with Gasteiger partial charge in [0.1, 0.15) is 0 Å². The van der Waals surface area contributed by atoms with Crippen molar-refractivity contribution in [3.63, 3.8) is 0 Å². The summed E-state index contributed by atoms with van der Waals surface area (Å²) in [5, 5.41) is 2.64. The summed E-state index contributed by atoms with van der Waals surface area (Å²) in [5.74, 6) is -0.346. The molecule has 2 aromatic carbocycles. The maximum atomic E-state index is 13.1. The third kappa shape index (κ3) is 6.45. The highest BCUT2D eigenvalue weighted by atomic mass is 35.5. The molecule has 1 amide bonds. The average Bonchev–Trinajstić information content (AvgIpc) is 2.70. The number of hydrogen-bond acceptors (Lipinski definition) is 4. The van der Waals surface area contributed by atoms with Crippen molar-refractivity contribution in [2.45, 2.75) is 11.3 Å². The third-order valence-electron chi connectivity index (χ3n) is 4.01. The third-order valence-corrected chi connectivity index (χ3v) is 5.91. The van der Waals surface area contributed by atoms with Gasteiger partial charge in [0, 0.05) is 31.7 Å². The zero-order valence-electron chi connectivity index (χ0n) is 15.6. The van der Waals surface area contributed by atoms with E-state index < -0.39 is 10.0 Å². The first-order valence-electron chi connectivity index (χ1n) is 8.72. The molecule has 3 N–H and O–H groups in total. The highest BCUT2D eigenvalue weighted by molar-refractivity contribution is 7.89. The minimum Gasteiger partial charge on any atom is -0.349 e. The summed E-state index contributed by atoms with van der Waals surface area (Å²) in [7, 11) is -3.76. The highest BCUT2D eigenvalue weighted by Crippen LogP contribution is 2.18. The molecular weight excluding hydrogens is 398 g/mol. The van der Waals surface area contributed by atoms with Gasteiger partial charge in [0.2, 0.25) is 10.0 Å². The lowest BCUT2D eigenvalue weighted by Gasteiger charge is -2.22. The Morgan fingerprint density at radius 3 is 2.46 bits per heavy atom. The first kappa shape index (κ1) is 23.8. The van der Waals surface area contributed by atoms with Gasteiger partial charge in [0.15, 0.2) is 0 Å². The molecule has 152 valence electrons. The van der Waals surface area contributed by atoms with Crippen LogP contribution >= 0.6 is 12.4 Å². The number of nitrogens with two attached hydrogens (primary N) is 1. The van der Waals surface area contributed by atoms with E-state index in [1.165, 1.54) is 16.4 Å². The second-order valence-electron chi connectivity index (χ2n) is 5.95. The van der Waals surface area contributed by atoms with E-state index in [4.69, 9.17) is 5.73 Å². The van der Waals surface area contributed by atoms with Gasteiger partial charge < -0.3 is 11.1 Å². The summed E-state index contributed by atoms with van der Waals surface area (Å²) >= 11 is 0. The van der Waals surface area contributed by atoms with Gasteiger partial charge in [-0.1, -0.05) is 42.5 Å². The highest BCUT2D eigenvalue weighted by Gasteiger charge is 2.24. The number of rotatable bonds is 10. The van der Waals surface area contributed by atoms with Gasteiger partial charge in [-0.25, -0.2) is 8.42 Å². The quantitative estimate of drug-likeness (QED) is 0.573. The summed E-state index contributed by atoms with van der Waals surface area (Å²) in [6, 6.07) is 15.7. The van der Waals surface area contributed by atoms with Crippen molar-refractivity contribution in [2.24, 2.45) is 5.73 Å². The van der Waals surface area contributed by atoms with Gasteiger partial charge in [0.25, 0.3) is 5.91 Å². The lowest BCUT2D eigenvalue weighted by Crippen LogP contribution is -2.37. The van der Waals surface area contributed by atoms with Gasteiger partial charge in [-0.15, -0.1) is 19.0 Å². The molecule has 8 heteroatoms. The van der Waals surface area contributed by atoms with Crippen LogP contribution in [0.3, 0.4) is 0 Å². The zero-order valence-corrected chi connectivity index (χ0v) is 17.2. The van der Waals surface area contributed by atoms with Crippen molar-refractivity contribution < 1.29 is 13.2 Å². The monoisotopic (exact) mass is 423 g/mol. The molecule has 0 aliphatic carbocycles. The van der Waals surface area contributed by atoms with Crippen molar-refractivity contribution in [3.8, 4) is 0 Å². The Balaban J connectivity index is 0.00000392. The molecule has 0 aliphatic rings. The molecule has 0 saturated heterocycles. The van der Waals surface area contributed by atoms with Crippen LogP contribution in [0.2, 0.25) is 0 Å². The Bertz CT molecular complexity index is 873. The van der Waals surface area contributed by atoms with E-state index in [0.29, 0.717) is 19.5 Å². The molecule has 0 radical (unpaired) electrons. The number of amides is 1. The topological polar surface area (TPSA) is 92.5 Å². The number of sulfonamides is 1. The second kappa shape index (κ2) is 11.6. The predicted octanol–water partition coefficient (Wildman–Crippen LogP) is 2.22. The first-order valence-corrected chi connectivity index (χ1v) is 10.2. The maximum Gasteiger partial charge on any atom is 0.251 e. The van der Waals surface area contributed by atoms with Crippen molar-refractivity contribution in [3.05, 3.63) is 78.4 Å². The van der Waals surface area contributed by atoms with Crippen LogP contribution in [-0.2, 0) is 16.4 Å². The van der Waals surface area contributed by atoms with E-state index in [1.54, 1.807) is 18.2 Å². The molecule has 0 heterocycles. The SMILES string of the molecule is C=CCNC(=O)c1cccc(S(=O)(=O)N(CCN)CCc2ccccc2)c1.Cl. The minimum atomic E-state index is -3.76. The summed E-state index contributed by atoms with van der Waals surface area (Å²) < 4.78 is 27.5. The molecule has 0 bridgehead atoms. The van der Waals surface area contributed by atoms with Crippen LogP contribution in [-0.4, -0.2) is 44.8 Å². The molecule has 0 aliphatic heterocycles. The number of nitrogens with zero attached hydrogens (tertiary/aromatic N) is 1. The Hall–Kier alpha value is -2.19. The van der Waals surface area contributed by atoms with E-state index in [-0.39, 0.29) is 41.9 Å². The molecule has 0 atom stereocenters. The Kier molecular flexibility index (Phi) is 9.89. The predicted molar refractivity (Wildman–Crippen MR) is 114 cm³/mol. The fourth-order valence-corrected chi connectivity index (χ4v) is 4.11. The molecule has 2 aromatic rings. The number of hydrogen-bond donors (Lipinski definition) is 2. The number of carbonyl (C=O) groups is 1. The summed E-state index contributed by atoms with van der Waals surface area (Å²) in [5.41, 5.74) is 6.96. The van der Waals surface area contributed by atoms with Crippen LogP contribution in [0, 0.1) is 0 Å². The summed E-state index contributed by atoms with van der Waals surface area (Å²) in [6.07, 6.45) is 2.14. The van der Waals surface area contributed by atoms with Crippen LogP contribution in [0.15, 0.2) is 72.1 Å². The number of carbonyl (C=O) groups excluding carboxylic acids is 1. The summed E-state index contributed by atoms with van der Waals surface area (Å²) in [4.78, 5) is 12.2. The van der Waals surface area contributed by atoms with Gasteiger partial charge in [-0.3, -0.25) is 4.79 Å². The first-order chi connectivity index (χ1) is 13.0. The molecule has 0 spiro atoms. The van der Waals surface area contributed by atoms with Gasteiger partial charge in [-0.05, 0) is 30.2 Å². The molecule has 6 nitrogen and oxygen atoms in total. The molecule has 0 aromatic heterocycles. The van der Waals surface area contributed by atoms with Gasteiger partial charge in [-0.2, -0.15) is 4.31 Å². The largest absolute Gasteiger partial charge is 0.349 e. The molecule has 28 heavy (non-hydrogen) atoms. The normalized spacial score (nSPS) is 10.9. The summed E-state index contributed by atoms with van der Waals surface area (Å²) in [6.45, 7) is 4.60. The van der Waals surface area contributed by atoms with Crippen molar-refractivity contribution >= 4 is 28.3 Å². The van der Waals surface area contributed by atoms with E-state index >= 15 is 0 Å². The number of benzene rings is 2. The van der Waals surface area contributed by atoms with Gasteiger partial charge >= 0.3 is 0 Å². The lowest BCUT2D eigenvalue weighted by atomic mass is 10.1. The molecule has 0 saturated carbocycles. The molecular formula is C20H26ClN3O3S. The van der Waals surface area contributed by atoms with Crippen LogP contribution < -0.4 is 11.1 Å². The Labute approximate surface area is 172 Å². The average molecular weight is 424 g/mol. The fraction of sp³-hybridized carbons (Fsp3) is 0.250. The number of halogens is 1. The van der Waals surface area contributed by atoms with Crippen molar-refractivity contribution in [2.75, 3.05) is 26.2 Å². The van der Waals surface area contributed by atoms with E-state index in [9.17, 15) is 13.2 Å². The van der Waals surface area contributed by atoms with E-state index in [1.807, 2.05) is 30.3 Å². The Morgan fingerprint density at radius 1 is 1.11 bits per heavy atom. The molecule has 2 rings (SSSR count). The van der Waals surface area contributed by atoms with Crippen molar-refractivity contribution in [1.82, 2.24) is 9.62 Å². The van der Waals surface area contributed by atoms with Gasteiger partial charge in [0.05, 0.1) is 4.90 Å². The van der Waals surface area contributed by atoms with Crippen LogP contribution in [0.5, 0.6) is 0 Å². The maximum absolute atomic E-state index is 13.1. The Morgan fingerprint density at radius 2 is 1.82 bits per heavy atom. The van der Waals surface area contributed by atoms with Crippen molar-refractivity contribution in [1.29, 1.82) is 0 Å². The van der Waals surface area contributed by atoms with Crippen LogP contribution in [0.4, 0.5) is 0 Å². The van der Waals surface area contributed by atoms with Crippen LogP contribution in [0.25, 0.3) is 0 Å². The smallest absolute Gasteiger partial charge is 0.251 e. The van der Waals surface area contributed by atoms with E-state index in [2.05, 4.69) is 11.9 Å². The second-order valence-corrected chi connectivity index (χ2v) is 7.89. The minimum absolute atomic E-state index is 0. The molecule has 0 unspecified atom stereocenters. The number of nitrogens with one attached hydrogen (secondary N) is 1. The fourth-order valence-electron chi connectivity index (χ4n) is 2.61. The van der Waals surface area contributed by atoms with E-state index in [0.717, 1.165) is 5.56 Å².